The largest absolute Gasteiger partial charge is 0.461 e. The van der Waals surface area contributed by atoms with Gasteiger partial charge in [0.05, 0.1) is 13.2 Å². The molecule has 0 saturated heterocycles. The number of aromatic nitrogens is 2. The first-order chi connectivity index (χ1) is 15.2. The topological polar surface area (TPSA) is 93.5 Å². The Labute approximate surface area is 186 Å². The van der Waals surface area contributed by atoms with Gasteiger partial charge in [-0.15, -0.1) is 0 Å². The molecular weight excluding hydrogens is 415 g/mol. The van der Waals surface area contributed by atoms with Gasteiger partial charge in [0.2, 0.25) is 5.91 Å². The lowest BCUT2D eigenvalue weighted by molar-refractivity contribution is -0.133. The Balaban J connectivity index is 1.97. The number of nitrogens with zero attached hydrogens (tertiary/aromatic N) is 3. The smallest absolute Gasteiger partial charge is 0.358 e. The number of halogens is 1. The lowest BCUT2D eigenvalue weighted by atomic mass is 9.94. The Hall–Kier alpha value is -3.23. The third-order valence-corrected chi connectivity index (χ3v) is 5.51. The van der Waals surface area contributed by atoms with Crippen LogP contribution in [0.3, 0.4) is 0 Å². The number of esters is 1. The van der Waals surface area contributed by atoms with Gasteiger partial charge in [-0.2, -0.15) is 5.10 Å². The van der Waals surface area contributed by atoms with E-state index >= 15 is 0 Å². The number of carbonyl (C=O) groups is 3. The molecule has 1 aliphatic heterocycles. The molecule has 0 aliphatic carbocycles. The molecule has 2 amide bonds. The summed E-state index contributed by atoms with van der Waals surface area (Å²) < 4.78 is 20.1. The lowest BCUT2D eigenvalue weighted by Crippen LogP contribution is -2.63. The molecule has 8 nitrogen and oxygen atoms in total. The summed E-state index contributed by atoms with van der Waals surface area (Å²) in [4.78, 5) is 40.2. The summed E-state index contributed by atoms with van der Waals surface area (Å²) in [6, 6.07) is 7.28. The highest BCUT2D eigenvalue weighted by Crippen LogP contribution is 2.29. The van der Waals surface area contributed by atoms with E-state index in [1.165, 1.54) is 27.8 Å². The van der Waals surface area contributed by atoms with Crippen molar-refractivity contribution in [3.05, 3.63) is 53.1 Å². The minimum Gasteiger partial charge on any atom is -0.461 e. The van der Waals surface area contributed by atoms with Crippen molar-refractivity contribution in [2.24, 2.45) is 5.92 Å². The summed E-state index contributed by atoms with van der Waals surface area (Å²) in [5.41, 5.74) is -0.550. The summed E-state index contributed by atoms with van der Waals surface area (Å²) in [6.45, 7) is 8.18. The predicted molar refractivity (Wildman–Crippen MR) is 115 cm³/mol. The standard InChI is InChI=1S/C23H29FN4O4/c1-5-32-21(30)18-12-19-20(29)27(13-16-7-6-8-17(24)11-16)23(4,14-28(19)26-18)22(31)25-10-9-15(2)3/h6-8,11-12,15H,5,9-10,13-14H2,1-4H3,(H,25,31). The van der Waals surface area contributed by atoms with E-state index in [2.05, 4.69) is 24.3 Å². The molecule has 0 spiro atoms. The molecule has 0 saturated carbocycles. The van der Waals surface area contributed by atoms with Crippen LogP contribution in [0.2, 0.25) is 0 Å². The molecular formula is C23H29FN4O4. The van der Waals surface area contributed by atoms with Gasteiger partial charge in [0.15, 0.2) is 5.69 Å². The number of carbonyl (C=O) groups excluding carboxylic acids is 3. The monoisotopic (exact) mass is 444 g/mol. The Bertz CT molecular complexity index is 1020. The summed E-state index contributed by atoms with van der Waals surface area (Å²) in [7, 11) is 0. The van der Waals surface area contributed by atoms with Crippen molar-refractivity contribution >= 4 is 17.8 Å². The van der Waals surface area contributed by atoms with Crippen LogP contribution in [-0.2, 0) is 22.6 Å². The summed E-state index contributed by atoms with van der Waals surface area (Å²) in [6.07, 6.45) is 0.791. The normalized spacial score (nSPS) is 17.9. The van der Waals surface area contributed by atoms with E-state index in [4.69, 9.17) is 4.74 Å². The summed E-state index contributed by atoms with van der Waals surface area (Å²) >= 11 is 0. The zero-order chi connectivity index (χ0) is 23.5. The van der Waals surface area contributed by atoms with Gasteiger partial charge in [0.25, 0.3) is 5.91 Å². The predicted octanol–water partition coefficient (Wildman–Crippen LogP) is 2.78. The third kappa shape index (κ3) is 4.81. The average molecular weight is 445 g/mol. The Kier molecular flexibility index (Phi) is 6.96. The number of ether oxygens (including phenoxy) is 1. The van der Waals surface area contributed by atoms with Crippen molar-refractivity contribution < 1.29 is 23.5 Å². The van der Waals surface area contributed by atoms with Gasteiger partial charge in [-0.3, -0.25) is 14.3 Å². The molecule has 1 atom stereocenters. The molecule has 0 fully saturated rings. The number of amides is 2. The minimum absolute atomic E-state index is 0.00497. The van der Waals surface area contributed by atoms with Crippen molar-refractivity contribution in [3.8, 4) is 0 Å². The van der Waals surface area contributed by atoms with E-state index < -0.39 is 23.2 Å². The van der Waals surface area contributed by atoms with E-state index in [1.54, 1.807) is 26.0 Å². The van der Waals surface area contributed by atoms with E-state index in [0.29, 0.717) is 18.0 Å². The second-order valence-corrected chi connectivity index (χ2v) is 8.53. The van der Waals surface area contributed by atoms with E-state index in [0.717, 1.165) is 6.42 Å². The zero-order valence-corrected chi connectivity index (χ0v) is 18.9. The fourth-order valence-electron chi connectivity index (χ4n) is 3.68. The van der Waals surface area contributed by atoms with Crippen LogP contribution >= 0.6 is 0 Å². The number of hydrogen-bond donors (Lipinski definition) is 1. The van der Waals surface area contributed by atoms with Gasteiger partial charge in [0, 0.05) is 19.2 Å². The molecule has 0 radical (unpaired) electrons. The van der Waals surface area contributed by atoms with Crippen molar-refractivity contribution in [1.29, 1.82) is 0 Å². The maximum Gasteiger partial charge on any atom is 0.358 e. The van der Waals surface area contributed by atoms with Crippen LogP contribution in [-0.4, -0.2) is 51.2 Å². The molecule has 2 heterocycles. The van der Waals surface area contributed by atoms with E-state index in [9.17, 15) is 18.8 Å². The minimum atomic E-state index is -1.29. The fraction of sp³-hybridized carbons (Fsp3) is 0.478. The highest BCUT2D eigenvalue weighted by molar-refractivity contribution is 6.01. The highest BCUT2D eigenvalue weighted by Gasteiger charge is 2.48. The Morgan fingerprint density at radius 1 is 1.31 bits per heavy atom. The van der Waals surface area contributed by atoms with Crippen molar-refractivity contribution in [1.82, 2.24) is 20.0 Å². The first-order valence-corrected chi connectivity index (χ1v) is 10.8. The number of fused-ring (bicyclic) bond motifs is 1. The SMILES string of the molecule is CCOC(=O)c1cc2n(n1)CC(C)(C(=O)NCCC(C)C)N(Cc1cccc(F)c1)C2=O. The number of nitrogens with one attached hydrogen (secondary N) is 1. The number of benzene rings is 1. The molecule has 1 aromatic heterocycles. The van der Waals surface area contributed by atoms with Gasteiger partial charge in [-0.1, -0.05) is 26.0 Å². The quantitative estimate of drug-likeness (QED) is 0.632. The van der Waals surface area contributed by atoms with Gasteiger partial charge >= 0.3 is 5.97 Å². The summed E-state index contributed by atoms with van der Waals surface area (Å²) in [5.74, 6) is -1.46. The molecule has 1 unspecified atom stereocenters. The van der Waals surface area contributed by atoms with Crippen LogP contribution < -0.4 is 5.32 Å². The lowest BCUT2D eigenvalue weighted by Gasteiger charge is -2.43. The van der Waals surface area contributed by atoms with Crippen LogP contribution in [0.25, 0.3) is 0 Å². The molecule has 9 heteroatoms. The van der Waals surface area contributed by atoms with Gasteiger partial charge in [-0.05, 0) is 43.9 Å². The van der Waals surface area contributed by atoms with Crippen LogP contribution in [0.4, 0.5) is 4.39 Å². The number of rotatable bonds is 8. The van der Waals surface area contributed by atoms with Crippen LogP contribution in [0.1, 0.15) is 60.7 Å². The van der Waals surface area contributed by atoms with Crippen molar-refractivity contribution in [2.75, 3.05) is 13.2 Å². The first-order valence-electron chi connectivity index (χ1n) is 10.8. The molecule has 1 N–H and O–H groups in total. The second-order valence-electron chi connectivity index (χ2n) is 8.53. The fourth-order valence-corrected chi connectivity index (χ4v) is 3.68. The van der Waals surface area contributed by atoms with Crippen molar-refractivity contribution in [3.63, 3.8) is 0 Å². The molecule has 172 valence electrons. The van der Waals surface area contributed by atoms with Gasteiger partial charge < -0.3 is 15.0 Å². The zero-order valence-electron chi connectivity index (χ0n) is 18.9. The molecule has 1 aromatic carbocycles. The van der Waals surface area contributed by atoms with Crippen LogP contribution in [0.15, 0.2) is 30.3 Å². The Morgan fingerprint density at radius 2 is 2.06 bits per heavy atom. The number of hydrogen-bond acceptors (Lipinski definition) is 5. The highest BCUT2D eigenvalue weighted by atomic mass is 19.1. The summed E-state index contributed by atoms with van der Waals surface area (Å²) in [5, 5.41) is 7.13. The van der Waals surface area contributed by atoms with Gasteiger partial charge in [-0.25, -0.2) is 9.18 Å². The van der Waals surface area contributed by atoms with Crippen molar-refractivity contribution in [2.45, 2.75) is 52.7 Å². The first kappa shape index (κ1) is 23.4. The van der Waals surface area contributed by atoms with E-state index in [-0.39, 0.29) is 37.0 Å². The molecule has 2 aromatic rings. The van der Waals surface area contributed by atoms with Gasteiger partial charge in [0.1, 0.15) is 17.1 Å². The van der Waals surface area contributed by atoms with E-state index in [1.807, 2.05) is 0 Å². The maximum atomic E-state index is 13.8. The van der Waals surface area contributed by atoms with Crippen LogP contribution in [0.5, 0.6) is 0 Å². The molecule has 3 rings (SSSR count). The molecule has 1 aliphatic rings. The second kappa shape index (κ2) is 9.50. The van der Waals surface area contributed by atoms with Crippen LogP contribution in [0, 0.1) is 11.7 Å². The Morgan fingerprint density at radius 3 is 2.72 bits per heavy atom. The maximum absolute atomic E-state index is 13.8. The molecule has 0 bridgehead atoms. The third-order valence-electron chi connectivity index (χ3n) is 5.51. The average Bonchev–Trinajstić information content (AvgIpc) is 3.15. The molecule has 32 heavy (non-hydrogen) atoms.